The highest BCUT2D eigenvalue weighted by molar-refractivity contribution is 9.10. The molecule has 2 aromatic rings. The van der Waals surface area contributed by atoms with E-state index < -0.39 is 0 Å². The van der Waals surface area contributed by atoms with Crippen molar-refractivity contribution in [1.29, 1.82) is 0 Å². The molecule has 0 aliphatic carbocycles. The number of halogens is 1. The van der Waals surface area contributed by atoms with Crippen LogP contribution in [0.1, 0.15) is 35.8 Å². The van der Waals surface area contributed by atoms with Gasteiger partial charge in [0.1, 0.15) is 5.69 Å². The van der Waals surface area contributed by atoms with Gasteiger partial charge in [0.15, 0.2) is 0 Å². The summed E-state index contributed by atoms with van der Waals surface area (Å²) in [6.45, 7) is 6.43. The van der Waals surface area contributed by atoms with Crippen LogP contribution >= 0.6 is 15.9 Å². The Labute approximate surface area is 151 Å². The van der Waals surface area contributed by atoms with Crippen LogP contribution in [0.25, 0.3) is 0 Å². The highest BCUT2D eigenvalue weighted by Gasteiger charge is 2.17. The first kappa shape index (κ1) is 17.0. The molecule has 1 saturated heterocycles. The molecule has 1 fully saturated rings. The number of benzene rings is 1. The largest absolute Gasteiger partial charge is 0.370 e. The van der Waals surface area contributed by atoms with Crippen molar-refractivity contribution in [2.24, 2.45) is 5.92 Å². The summed E-state index contributed by atoms with van der Waals surface area (Å²) in [4.78, 5) is 19.1. The summed E-state index contributed by atoms with van der Waals surface area (Å²) in [6, 6.07) is 9.62. The second-order valence-electron chi connectivity index (χ2n) is 6.51. The van der Waals surface area contributed by atoms with Crippen LogP contribution in [0, 0.1) is 12.8 Å². The Balaban J connectivity index is 1.67. The molecule has 1 N–H and O–H groups in total. The van der Waals surface area contributed by atoms with Crippen LogP contribution in [0.4, 0.5) is 11.4 Å². The van der Waals surface area contributed by atoms with E-state index in [1.54, 1.807) is 12.3 Å². The number of nitrogens with zero attached hydrogens (tertiary/aromatic N) is 2. The normalized spacial score (nSPS) is 15.4. The summed E-state index contributed by atoms with van der Waals surface area (Å²) >= 11 is 3.47. The molecule has 1 aromatic heterocycles. The molecule has 0 bridgehead atoms. The van der Waals surface area contributed by atoms with Crippen LogP contribution < -0.4 is 10.2 Å². The number of rotatable bonds is 3. The monoisotopic (exact) mass is 387 g/mol. The lowest BCUT2D eigenvalue weighted by molar-refractivity contribution is 0.102. The van der Waals surface area contributed by atoms with Crippen molar-refractivity contribution in [3.8, 4) is 0 Å². The maximum Gasteiger partial charge on any atom is 0.274 e. The summed E-state index contributed by atoms with van der Waals surface area (Å²) in [7, 11) is 0. The molecular weight excluding hydrogens is 366 g/mol. The minimum Gasteiger partial charge on any atom is -0.370 e. The number of aryl methyl sites for hydroxylation is 1. The van der Waals surface area contributed by atoms with E-state index in [0.29, 0.717) is 5.69 Å². The summed E-state index contributed by atoms with van der Waals surface area (Å²) in [5, 5.41) is 2.90. The maximum absolute atomic E-state index is 12.4. The molecule has 0 spiro atoms. The van der Waals surface area contributed by atoms with Crippen LogP contribution in [0.5, 0.6) is 0 Å². The van der Waals surface area contributed by atoms with E-state index >= 15 is 0 Å². The van der Waals surface area contributed by atoms with Crippen LogP contribution in [0.3, 0.4) is 0 Å². The smallest absolute Gasteiger partial charge is 0.274 e. The van der Waals surface area contributed by atoms with E-state index in [1.165, 1.54) is 12.8 Å². The minimum absolute atomic E-state index is 0.196. The van der Waals surface area contributed by atoms with Crippen molar-refractivity contribution in [1.82, 2.24) is 4.98 Å². The van der Waals surface area contributed by atoms with Gasteiger partial charge in [-0.1, -0.05) is 13.0 Å². The van der Waals surface area contributed by atoms with Gasteiger partial charge >= 0.3 is 0 Å². The first-order valence-electron chi connectivity index (χ1n) is 8.31. The molecular formula is C19H22BrN3O. The van der Waals surface area contributed by atoms with E-state index in [-0.39, 0.29) is 5.91 Å². The predicted octanol–water partition coefficient (Wildman–Crippen LogP) is 4.64. The summed E-state index contributed by atoms with van der Waals surface area (Å²) in [5.74, 6) is 0.602. The van der Waals surface area contributed by atoms with Gasteiger partial charge in [0, 0.05) is 17.6 Å². The fraction of sp³-hybridized carbons (Fsp3) is 0.368. The first-order valence-corrected chi connectivity index (χ1v) is 9.11. The molecule has 4 nitrogen and oxygen atoms in total. The van der Waals surface area contributed by atoms with Crippen molar-refractivity contribution in [2.75, 3.05) is 23.3 Å². The SMILES string of the molecule is Cc1ccc(NC(=O)c2ccc(N3CCC(C)CC3)cn2)c(Br)c1. The highest BCUT2D eigenvalue weighted by Crippen LogP contribution is 2.25. The van der Waals surface area contributed by atoms with E-state index in [0.717, 1.165) is 40.4 Å². The first-order chi connectivity index (χ1) is 11.5. The third-order valence-electron chi connectivity index (χ3n) is 4.50. The Kier molecular flexibility index (Phi) is 5.19. The summed E-state index contributed by atoms with van der Waals surface area (Å²) in [6.07, 6.45) is 4.22. The molecule has 1 aliphatic rings. The van der Waals surface area contributed by atoms with Gasteiger partial charge in [-0.15, -0.1) is 0 Å². The highest BCUT2D eigenvalue weighted by atomic mass is 79.9. The number of carbonyl (C=O) groups is 1. The van der Waals surface area contributed by atoms with Gasteiger partial charge in [0.2, 0.25) is 0 Å². The number of hydrogen-bond acceptors (Lipinski definition) is 3. The zero-order valence-electron chi connectivity index (χ0n) is 14.1. The number of carbonyl (C=O) groups excluding carboxylic acids is 1. The molecule has 2 heterocycles. The van der Waals surface area contributed by atoms with E-state index in [1.807, 2.05) is 31.2 Å². The van der Waals surface area contributed by atoms with Crippen molar-refractivity contribution in [3.05, 3.63) is 52.3 Å². The van der Waals surface area contributed by atoms with Crippen LogP contribution in [0.2, 0.25) is 0 Å². The second kappa shape index (κ2) is 7.34. The van der Waals surface area contributed by atoms with Gasteiger partial charge in [-0.25, -0.2) is 4.98 Å². The molecule has 0 radical (unpaired) electrons. The number of amides is 1. The zero-order valence-corrected chi connectivity index (χ0v) is 15.6. The van der Waals surface area contributed by atoms with Crippen molar-refractivity contribution in [2.45, 2.75) is 26.7 Å². The topological polar surface area (TPSA) is 45.2 Å². The molecule has 1 aromatic carbocycles. The third-order valence-corrected chi connectivity index (χ3v) is 5.16. The number of anilines is 2. The lowest BCUT2D eigenvalue weighted by atomic mass is 9.99. The van der Waals surface area contributed by atoms with Gasteiger partial charge in [-0.05, 0) is 71.4 Å². The van der Waals surface area contributed by atoms with E-state index in [2.05, 4.69) is 38.1 Å². The molecule has 1 aliphatic heterocycles. The summed E-state index contributed by atoms with van der Waals surface area (Å²) in [5.41, 5.74) is 3.41. The summed E-state index contributed by atoms with van der Waals surface area (Å²) < 4.78 is 0.870. The van der Waals surface area contributed by atoms with Gasteiger partial charge in [0.05, 0.1) is 17.6 Å². The van der Waals surface area contributed by atoms with Crippen molar-refractivity contribution in [3.63, 3.8) is 0 Å². The van der Waals surface area contributed by atoms with Crippen molar-refractivity contribution < 1.29 is 4.79 Å². The average Bonchev–Trinajstić information content (AvgIpc) is 2.58. The molecule has 126 valence electrons. The Bertz CT molecular complexity index is 722. The molecule has 1 amide bonds. The number of hydrogen-bond donors (Lipinski definition) is 1. The molecule has 0 unspecified atom stereocenters. The fourth-order valence-electron chi connectivity index (χ4n) is 2.88. The zero-order chi connectivity index (χ0) is 17.1. The molecule has 0 atom stereocenters. The predicted molar refractivity (Wildman–Crippen MR) is 102 cm³/mol. The lowest BCUT2D eigenvalue weighted by Crippen LogP contribution is -2.32. The van der Waals surface area contributed by atoms with E-state index in [9.17, 15) is 4.79 Å². The number of piperidine rings is 1. The molecule has 3 rings (SSSR count). The van der Waals surface area contributed by atoms with Crippen molar-refractivity contribution >= 4 is 33.2 Å². The Hall–Kier alpha value is -1.88. The van der Waals surface area contributed by atoms with Gasteiger partial charge in [0.25, 0.3) is 5.91 Å². The van der Waals surface area contributed by atoms with E-state index in [4.69, 9.17) is 0 Å². The number of nitrogens with one attached hydrogen (secondary N) is 1. The molecule has 24 heavy (non-hydrogen) atoms. The molecule has 5 heteroatoms. The fourth-order valence-corrected chi connectivity index (χ4v) is 3.47. The lowest BCUT2D eigenvalue weighted by Gasteiger charge is -2.31. The van der Waals surface area contributed by atoms with Gasteiger partial charge in [-0.2, -0.15) is 0 Å². The Morgan fingerprint density at radius 1 is 1.25 bits per heavy atom. The Morgan fingerprint density at radius 3 is 2.62 bits per heavy atom. The molecule has 0 saturated carbocycles. The average molecular weight is 388 g/mol. The standard InChI is InChI=1S/C19H22BrN3O/c1-13-7-9-23(10-8-13)15-4-6-18(21-12-15)19(24)22-17-5-3-14(2)11-16(17)20/h3-6,11-13H,7-10H2,1-2H3,(H,22,24). The van der Waals surface area contributed by atoms with Gasteiger partial charge in [-0.3, -0.25) is 4.79 Å². The Morgan fingerprint density at radius 2 is 2.00 bits per heavy atom. The van der Waals surface area contributed by atoms with Crippen LogP contribution in [-0.2, 0) is 0 Å². The van der Waals surface area contributed by atoms with Crippen LogP contribution in [0.15, 0.2) is 41.0 Å². The quantitative estimate of drug-likeness (QED) is 0.833. The van der Waals surface area contributed by atoms with Crippen LogP contribution in [-0.4, -0.2) is 24.0 Å². The second-order valence-corrected chi connectivity index (χ2v) is 7.36. The van der Waals surface area contributed by atoms with Gasteiger partial charge < -0.3 is 10.2 Å². The number of aromatic nitrogens is 1. The minimum atomic E-state index is -0.196. The third kappa shape index (κ3) is 3.96. The maximum atomic E-state index is 12.4. The number of pyridine rings is 1.